The van der Waals surface area contributed by atoms with Crippen LogP contribution in [0.25, 0.3) is 22.4 Å². The van der Waals surface area contributed by atoms with Crippen LogP contribution in [-0.4, -0.2) is 61.5 Å². The molecule has 0 spiro atoms. The number of benzene rings is 1. The number of amides is 1. The number of nitrogens with zero attached hydrogens (tertiary/aromatic N) is 2. The van der Waals surface area contributed by atoms with Crippen LogP contribution >= 0.6 is 0 Å². The zero-order chi connectivity index (χ0) is 21.8. The van der Waals surface area contributed by atoms with Crippen molar-refractivity contribution in [3.63, 3.8) is 0 Å². The van der Waals surface area contributed by atoms with Gasteiger partial charge >= 0.3 is 6.09 Å². The molecule has 1 saturated heterocycles. The van der Waals surface area contributed by atoms with Gasteiger partial charge in [0, 0.05) is 24.3 Å². The molecule has 1 fully saturated rings. The van der Waals surface area contributed by atoms with Crippen LogP contribution < -0.4 is 29.6 Å². The van der Waals surface area contributed by atoms with Crippen molar-refractivity contribution in [3.05, 3.63) is 24.5 Å². The average Bonchev–Trinajstić information content (AvgIpc) is 3.46. The second kappa shape index (κ2) is 9.09. The van der Waals surface area contributed by atoms with Crippen LogP contribution in [0.4, 0.5) is 4.79 Å². The predicted molar refractivity (Wildman–Crippen MR) is 114 cm³/mol. The quantitative estimate of drug-likeness (QED) is 0.526. The van der Waals surface area contributed by atoms with E-state index in [-0.39, 0.29) is 6.04 Å². The molecule has 3 heterocycles. The van der Waals surface area contributed by atoms with E-state index in [1.807, 2.05) is 0 Å². The van der Waals surface area contributed by atoms with Gasteiger partial charge in [-0.15, -0.1) is 0 Å². The van der Waals surface area contributed by atoms with Gasteiger partial charge in [0.15, 0.2) is 28.4 Å². The molecular formula is C21H25N5O5. The van der Waals surface area contributed by atoms with E-state index in [2.05, 4.69) is 25.6 Å². The summed E-state index contributed by atoms with van der Waals surface area (Å²) in [6.07, 6.45) is 4.81. The molecule has 1 aliphatic rings. The minimum absolute atomic E-state index is 0.280. The molecule has 0 aliphatic carbocycles. The van der Waals surface area contributed by atoms with E-state index in [1.165, 1.54) is 0 Å². The van der Waals surface area contributed by atoms with Crippen LogP contribution in [0.5, 0.6) is 23.0 Å². The lowest BCUT2D eigenvalue weighted by atomic mass is 10.1. The summed E-state index contributed by atoms with van der Waals surface area (Å²) in [5, 5.41) is 6.11. The number of methoxy groups -OCH3 is 3. The molecule has 31 heavy (non-hydrogen) atoms. The SMILES string of the molecule is COc1cc(-c2cnc3[nH]cc(OC(=O)NCC4CCCN4)c3n2)cc(OC)c1OC. The summed E-state index contributed by atoms with van der Waals surface area (Å²) in [4.78, 5) is 24.2. The molecule has 2 aromatic heterocycles. The predicted octanol–water partition coefficient (Wildman–Crippen LogP) is 2.49. The van der Waals surface area contributed by atoms with Gasteiger partial charge < -0.3 is 34.6 Å². The Morgan fingerprint density at radius 2 is 1.94 bits per heavy atom. The number of aromatic nitrogens is 3. The zero-order valence-corrected chi connectivity index (χ0v) is 17.7. The van der Waals surface area contributed by atoms with E-state index >= 15 is 0 Å². The summed E-state index contributed by atoms with van der Waals surface area (Å²) in [7, 11) is 4.64. The van der Waals surface area contributed by atoms with Crippen LogP contribution in [0.15, 0.2) is 24.5 Å². The first kappa shape index (κ1) is 20.7. The molecule has 3 N–H and O–H groups in total. The molecule has 0 saturated carbocycles. The highest BCUT2D eigenvalue weighted by atomic mass is 16.6. The number of rotatable bonds is 7. The number of nitrogens with one attached hydrogen (secondary N) is 3. The van der Waals surface area contributed by atoms with E-state index < -0.39 is 6.09 Å². The number of fused-ring (bicyclic) bond motifs is 1. The number of H-pyrrole nitrogens is 1. The first-order chi connectivity index (χ1) is 15.1. The molecule has 3 aromatic rings. The molecule has 10 nitrogen and oxygen atoms in total. The molecular weight excluding hydrogens is 402 g/mol. The summed E-state index contributed by atoms with van der Waals surface area (Å²) in [5.41, 5.74) is 2.23. The number of carbonyl (C=O) groups is 1. The van der Waals surface area contributed by atoms with Crippen LogP contribution in [0, 0.1) is 0 Å². The first-order valence-corrected chi connectivity index (χ1v) is 9.96. The zero-order valence-electron chi connectivity index (χ0n) is 17.7. The van der Waals surface area contributed by atoms with Crippen LogP contribution in [-0.2, 0) is 0 Å². The standard InChI is InChI=1S/C21H25N5O5/c1-28-15-7-12(8-16(29-2)19(15)30-3)14-10-23-20-18(26-14)17(11-24-20)31-21(27)25-9-13-5-4-6-22-13/h7-8,10-11,13,22H,4-6,9H2,1-3H3,(H,23,24)(H,25,27). The van der Waals surface area contributed by atoms with Crippen molar-refractivity contribution in [3.8, 4) is 34.3 Å². The van der Waals surface area contributed by atoms with Crippen molar-refractivity contribution < 1.29 is 23.7 Å². The van der Waals surface area contributed by atoms with Crippen LogP contribution in [0.2, 0.25) is 0 Å². The van der Waals surface area contributed by atoms with Gasteiger partial charge in [-0.1, -0.05) is 0 Å². The van der Waals surface area contributed by atoms with E-state index in [9.17, 15) is 4.79 Å². The Kier molecular flexibility index (Phi) is 6.08. The Morgan fingerprint density at radius 1 is 1.16 bits per heavy atom. The largest absolute Gasteiger partial charge is 0.493 e. The third-order valence-electron chi connectivity index (χ3n) is 5.16. The van der Waals surface area contributed by atoms with Crippen molar-refractivity contribution >= 4 is 17.3 Å². The van der Waals surface area contributed by atoms with Gasteiger partial charge in [-0.05, 0) is 31.5 Å². The average molecular weight is 427 g/mol. The van der Waals surface area contributed by atoms with Crippen LogP contribution in [0.3, 0.4) is 0 Å². The molecule has 4 rings (SSSR count). The summed E-state index contributed by atoms with van der Waals surface area (Å²) in [6.45, 7) is 1.49. The van der Waals surface area contributed by atoms with E-state index in [1.54, 1.807) is 45.9 Å². The molecule has 10 heteroatoms. The third-order valence-corrected chi connectivity index (χ3v) is 5.16. The van der Waals surface area contributed by atoms with Gasteiger partial charge in [-0.2, -0.15) is 0 Å². The van der Waals surface area contributed by atoms with Gasteiger partial charge in [0.1, 0.15) is 0 Å². The van der Waals surface area contributed by atoms with Gasteiger partial charge in [-0.25, -0.2) is 14.8 Å². The Balaban J connectivity index is 1.59. The second-order valence-corrected chi connectivity index (χ2v) is 7.08. The number of carbonyl (C=O) groups excluding carboxylic acids is 1. The lowest BCUT2D eigenvalue weighted by Gasteiger charge is -2.14. The maximum Gasteiger partial charge on any atom is 0.412 e. The Labute approximate surface area is 179 Å². The lowest BCUT2D eigenvalue weighted by molar-refractivity contribution is 0.200. The fraction of sp³-hybridized carbons (Fsp3) is 0.381. The smallest absolute Gasteiger partial charge is 0.412 e. The van der Waals surface area contributed by atoms with Crippen molar-refractivity contribution in [1.29, 1.82) is 0 Å². The number of ether oxygens (including phenoxy) is 4. The van der Waals surface area contributed by atoms with E-state index in [0.717, 1.165) is 19.4 Å². The maximum absolute atomic E-state index is 12.2. The number of hydrogen-bond donors (Lipinski definition) is 3. The normalized spacial score (nSPS) is 15.6. The summed E-state index contributed by atoms with van der Waals surface area (Å²) in [5.74, 6) is 1.80. The van der Waals surface area contributed by atoms with Gasteiger partial charge in [-0.3, -0.25) is 0 Å². The molecule has 1 aromatic carbocycles. The summed E-state index contributed by atoms with van der Waals surface area (Å²) < 4.78 is 21.7. The Hall–Kier alpha value is -3.53. The maximum atomic E-state index is 12.2. The molecule has 164 valence electrons. The van der Waals surface area contributed by atoms with Gasteiger partial charge in [0.05, 0.1) is 33.2 Å². The van der Waals surface area contributed by atoms with Crippen molar-refractivity contribution in [2.45, 2.75) is 18.9 Å². The number of hydrogen-bond acceptors (Lipinski definition) is 8. The summed E-state index contributed by atoms with van der Waals surface area (Å²) in [6, 6.07) is 3.85. The van der Waals surface area contributed by atoms with Gasteiger partial charge in [0.2, 0.25) is 5.75 Å². The monoisotopic (exact) mass is 427 g/mol. The van der Waals surface area contributed by atoms with E-state index in [0.29, 0.717) is 52.0 Å². The molecule has 0 bridgehead atoms. The van der Waals surface area contributed by atoms with Crippen molar-refractivity contribution in [2.75, 3.05) is 34.4 Å². The van der Waals surface area contributed by atoms with Crippen molar-refractivity contribution in [2.24, 2.45) is 0 Å². The molecule has 1 unspecified atom stereocenters. The van der Waals surface area contributed by atoms with Gasteiger partial charge in [0.25, 0.3) is 0 Å². The fourth-order valence-electron chi connectivity index (χ4n) is 3.59. The lowest BCUT2D eigenvalue weighted by Crippen LogP contribution is -2.38. The molecule has 0 radical (unpaired) electrons. The fourth-order valence-corrected chi connectivity index (χ4v) is 3.59. The van der Waals surface area contributed by atoms with E-state index in [4.69, 9.17) is 18.9 Å². The topological polar surface area (TPSA) is 120 Å². The first-order valence-electron chi connectivity index (χ1n) is 9.96. The highest BCUT2D eigenvalue weighted by Gasteiger charge is 2.19. The summed E-state index contributed by atoms with van der Waals surface area (Å²) >= 11 is 0. The second-order valence-electron chi connectivity index (χ2n) is 7.08. The van der Waals surface area contributed by atoms with Crippen molar-refractivity contribution in [1.82, 2.24) is 25.6 Å². The van der Waals surface area contributed by atoms with Crippen LogP contribution in [0.1, 0.15) is 12.8 Å². The molecule has 1 atom stereocenters. The number of aromatic amines is 1. The molecule has 1 amide bonds. The minimum atomic E-state index is -0.533. The molecule has 1 aliphatic heterocycles. The highest BCUT2D eigenvalue weighted by molar-refractivity contribution is 5.84. The Morgan fingerprint density at radius 3 is 2.58 bits per heavy atom. The Bertz CT molecular complexity index is 1050. The third kappa shape index (κ3) is 4.33. The minimum Gasteiger partial charge on any atom is -0.493 e. The highest BCUT2D eigenvalue weighted by Crippen LogP contribution is 2.41.